The number of carbonyl (C=O) groups excluding carboxylic acids is 1. The fourth-order valence-corrected chi connectivity index (χ4v) is 4.13. The molecule has 0 aliphatic heterocycles. The molecule has 0 fully saturated rings. The standard InChI is InChI=1S/C15H15N5O3S/c1-9-6-14(20(22)23)19(18-9)8-13(21)17-15-11(7-16)10-4-2-3-5-12(10)24-15/h6H,2-5,8H2,1H3,(H,17,21). The van der Waals surface area contributed by atoms with E-state index >= 15 is 0 Å². The molecular weight excluding hydrogens is 330 g/mol. The average molecular weight is 345 g/mol. The molecule has 1 amide bonds. The third-order valence-corrected chi connectivity index (χ3v) is 5.10. The van der Waals surface area contributed by atoms with Crippen molar-refractivity contribution in [1.82, 2.24) is 9.78 Å². The van der Waals surface area contributed by atoms with Crippen molar-refractivity contribution in [3.63, 3.8) is 0 Å². The van der Waals surface area contributed by atoms with Gasteiger partial charge >= 0.3 is 5.82 Å². The fourth-order valence-electron chi connectivity index (χ4n) is 2.87. The summed E-state index contributed by atoms with van der Waals surface area (Å²) in [6.07, 6.45) is 3.91. The minimum absolute atomic E-state index is 0.228. The van der Waals surface area contributed by atoms with Gasteiger partial charge in [0.15, 0.2) is 6.54 Å². The summed E-state index contributed by atoms with van der Waals surface area (Å²) in [6, 6.07) is 3.49. The van der Waals surface area contributed by atoms with Crippen LogP contribution in [0.2, 0.25) is 0 Å². The lowest BCUT2D eigenvalue weighted by molar-refractivity contribution is -0.392. The molecule has 2 aromatic rings. The van der Waals surface area contributed by atoms with Crippen molar-refractivity contribution in [3.05, 3.63) is 37.9 Å². The Bertz CT molecular complexity index is 861. The third kappa shape index (κ3) is 3.00. The van der Waals surface area contributed by atoms with Gasteiger partial charge in [0.25, 0.3) is 5.91 Å². The molecule has 1 aliphatic carbocycles. The van der Waals surface area contributed by atoms with E-state index in [1.54, 1.807) is 6.92 Å². The van der Waals surface area contributed by atoms with Crippen LogP contribution in [0.5, 0.6) is 0 Å². The van der Waals surface area contributed by atoms with Gasteiger partial charge in [0.05, 0.1) is 17.3 Å². The number of rotatable bonds is 4. The van der Waals surface area contributed by atoms with E-state index in [4.69, 9.17) is 0 Å². The van der Waals surface area contributed by atoms with Crippen LogP contribution in [0.1, 0.15) is 34.5 Å². The second kappa shape index (κ2) is 6.41. The van der Waals surface area contributed by atoms with Crippen molar-refractivity contribution < 1.29 is 9.72 Å². The maximum Gasteiger partial charge on any atom is 0.345 e. The Morgan fingerprint density at radius 1 is 1.54 bits per heavy atom. The lowest BCUT2D eigenvalue weighted by atomic mass is 9.96. The van der Waals surface area contributed by atoms with Gasteiger partial charge in [0, 0.05) is 4.88 Å². The topological polar surface area (TPSA) is 114 Å². The van der Waals surface area contributed by atoms with Crippen molar-refractivity contribution in [2.24, 2.45) is 0 Å². The third-order valence-electron chi connectivity index (χ3n) is 3.90. The summed E-state index contributed by atoms with van der Waals surface area (Å²) in [7, 11) is 0. The second-order valence-corrected chi connectivity index (χ2v) is 6.74. The minimum atomic E-state index is -0.572. The number of anilines is 1. The molecule has 8 nitrogen and oxygen atoms in total. The molecule has 1 N–H and O–H groups in total. The lowest BCUT2D eigenvalue weighted by Crippen LogP contribution is -2.20. The zero-order valence-corrected chi connectivity index (χ0v) is 13.9. The van der Waals surface area contributed by atoms with Crippen LogP contribution in [-0.4, -0.2) is 20.6 Å². The lowest BCUT2D eigenvalue weighted by Gasteiger charge is -2.09. The summed E-state index contributed by atoms with van der Waals surface area (Å²) in [4.78, 5) is 23.8. The number of amides is 1. The van der Waals surface area contributed by atoms with Crippen molar-refractivity contribution in [2.45, 2.75) is 39.2 Å². The SMILES string of the molecule is Cc1cc([N+](=O)[O-])n(CC(=O)Nc2sc3c(c2C#N)CCCC3)n1. The number of nitriles is 1. The fraction of sp³-hybridized carbons (Fsp3) is 0.400. The zero-order valence-electron chi connectivity index (χ0n) is 13.0. The number of nitrogens with zero attached hydrogens (tertiary/aromatic N) is 4. The van der Waals surface area contributed by atoms with Crippen LogP contribution in [-0.2, 0) is 24.2 Å². The van der Waals surface area contributed by atoms with E-state index in [2.05, 4.69) is 16.5 Å². The van der Waals surface area contributed by atoms with E-state index in [0.717, 1.165) is 40.8 Å². The molecule has 2 aromatic heterocycles. The number of nitro groups is 1. The molecule has 0 radical (unpaired) electrons. The van der Waals surface area contributed by atoms with Gasteiger partial charge in [-0.05, 0) is 43.1 Å². The van der Waals surface area contributed by atoms with Crippen LogP contribution in [0.25, 0.3) is 0 Å². The molecule has 0 atom stereocenters. The van der Waals surface area contributed by atoms with Crippen LogP contribution < -0.4 is 5.32 Å². The zero-order chi connectivity index (χ0) is 17.3. The highest BCUT2D eigenvalue weighted by Gasteiger charge is 2.24. The summed E-state index contributed by atoms with van der Waals surface area (Å²) in [5.41, 5.74) is 2.03. The van der Waals surface area contributed by atoms with Crippen molar-refractivity contribution in [3.8, 4) is 6.07 Å². The van der Waals surface area contributed by atoms with Crippen LogP contribution in [0.4, 0.5) is 10.8 Å². The Kier molecular flexibility index (Phi) is 4.31. The predicted molar refractivity (Wildman–Crippen MR) is 87.9 cm³/mol. The summed E-state index contributed by atoms with van der Waals surface area (Å²) in [6.45, 7) is 1.36. The van der Waals surface area contributed by atoms with Crippen molar-refractivity contribution in [2.75, 3.05) is 5.32 Å². The van der Waals surface area contributed by atoms with Gasteiger partial charge in [-0.1, -0.05) is 5.10 Å². The van der Waals surface area contributed by atoms with Gasteiger partial charge in [0.2, 0.25) is 0 Å². The summed E-state index contributed by atoms with van der Waals surface area (Å²) in [5, 5.41) is 27.6. The smallest absolute Gasteiger partial charge is 0.345 e. The molecule has 0 saturated carbocycles. The monoisotopic (exact) mass is 345 g/mol. The van der Waals surface area contributed by atoms with Crippen LogP contribution >= 0.6 is 11.3 Å². The maximum atomic E-state index is 12.2. The van der Waals surface area contributed by atoms with Crippen LogP contribution in [0, 0.1) is 28.4 Å². The Morgan fingerprint density at radius 2 is 2.29 bits per heavy atom. The first-order chi connectivity index (χ1) is 11.5. The highest BCUT2D eigenvalue weighted by atomic mass is 32.1. The molecule has 9 heteroatoms. The number of carbonyl (C=O) groups is 1. The van der Waals surface area contributed by atoms with Gasteiger partial charge in [-0.2, -0.15) is 5.26 Å². The number of hydrogen-bond donors (Lipinski definition) is 1. The Balaban J connectivity index is 1.80. The molecule has 0 unspecified atom stereocenters. The number of fused-ring (bicyclic) bond motifs is 1. The Hall–Kier alpha value is -2.73. The number of aromatic nitrogens is 2. The normalized spacial score (nSPS) is 13.2. The van der Waals surface area contributed by atoms with Crippen molar-refractivity contribution in [1.29, 1.82) is 5.26 Å². The Morgan fingerprint density at radius 3 is 3.00 bits per heavy atom. The van der Waals surface area contributed by atoms with Gasteiger partial charge in [-0.3, -0.25) is 4.79 Å². The molecule has 3 rings (SSSR count). The van der Waals surface area contributed by atoms with E-state index in [1.165, 1.54) is 17.4 Å². The molecule has 2 heterocycles. The molecule has 1 aliphatic rings. The number of aryl methyl sites for hydroxylation is 2. The second-order valence-electron chi connectivity index (χ2n) is 5.63. The number of thiophene rings is 1. The summed E-state index contributed by atoms with van der Waals surface area (Å²) in [5.74, 6) is -0.662. The summed E-state index contributed by atoms with van der Waals surface area (Å²) < 4.78 is 1.06. The molecule has 0 aromatic carbocycles. The van der Waals surface area contributed by atoms with Gasteiger partial charge in [-0.25, -0.2) is 0 Å². The van der Waals surface area contributed by atoms with E-state index < -0.39 is 10.8 Å². The first-order valence-electron chi connectivity index (χ1n) is 7.53. The molecule has 24 heavy (non-hydrogen) atoms. The first kappa shape index (κ1) is 16.1. The minimum Gasteiger partial charge on any atom is -0.358 e. The highest BCUT2D eigenvalue weighted by Crippen LogP contribution is 2.37. The van der Waals surface area contributed by atoms with E-state index in [0.29, 0.717) is 16.3 Å². The number of nitrogens with one attached hydrogen (secondary N) is 1. The Labute approximate surface area is 141 Å². The van der Waals surface area contributed by atoms with E-state index in [9.17, 15) is 20.2 Å². The van der Waals surface area contributed by atoms with E-state index in [-0.39, 0.29) is 12.4 Å². The molecule has 124 valence electrons. The maximum absolute atomic E-state index is 12.2. The first-order valence-corrected chi connectivity index (χ1v) is 8.34. The van der Waals surface area contributed by atoms with Gasteiger partial charge in [-0.15, -0.1) is 16.0 Å². The number of hydrogen-bond acceptors (Lipinski definition) is 6. The molecule has 0 bridgehead atoms. The molecule has 0 spiro atoms. The van der Waals surface area contributed by atoms with Crippen molar-refractivity contribution >= 4 is 28.1 Å². The van der Waals surface area contributed by atoms with E-state index in [1.807, 2.05) is 0 Å². The quantitative estimate of drug-likeness (QED) is 0.675. The van der Waals surface area contributed by atoms with Gasteiger partial charge in [0.1, 0.15) is 11.1 Å². The summed E-state index contributed by atoms with van der Waals surface area (Å²) >= 11 is 1.42. The largest absolute Gasteiger partial charge is 0.358 e. The molecular formula is C15H15N5O3S. The van der Waals surface area contributed by atoms with Crippen LogP contribution in [0.15, 0.2) is 6.07 Å². The van der Waals surface area contributed by atoms with Gasteiger partial charge < -0.3 is 15.4 Å². The highest BCUT2D eigenvalue weighted by molar-refractivity contribution is 7.16. The van der Waals surface area contributed by atoms with Crippen LogP contribution in [0.3, 0.4) is 0 Å². The molecule has 0 saturated heterocycles. The predicted octanol–water partition coefficient (Wildman–Crippen LogP) is 2.55. The average Bonchev–Trinajstić information content (AvgIpc) is 3.06.